The molecule has 2 aliphatic rings. The highest BCUT2D eigenvalue weighted by atomic mass is 32.1. The Kier molecular flexibility index (Phi) is 5.68. The Morgan fingerprint density at radius 3 is 2.16 bits per heavy atom. The molecule has 2 aliphatic carbocycles. The van der Waals surface area contributed by atoms with Crippen LogP contribution in [-0.4, -0.2) is 16.9 Å². The van der Waals surface area contributed by atoms with Gasteiger partial charge in [0.25, 0.3) is 0 Å². The lowest BCUT2D eigenvalue weighted by Gasteiger charge is -2.21. The molecule has 2 fully saturated rings. The summed E-state index contributed by atoms with van der Waals surface area (Å²) in [6.07, 6.45) is 7.26. The average molecular weight is 359 g/mol. The van der Waals surface area contributed by atoms with Crippen LogP contribution in [0.5, 0.6) is 0 Å². The third kappa shape index (κ3) is 4.78. The molecule has 0 aliphatic heterocycles. The maximum absolute atomic E-state index is 12.3. The van der Waals surface area contributed by atoms with Gasteiger partial charge in [0.2, 0.25) is 11.8 Å². The smallest absolute Gasteiger partial charge is 0.229 e. The highest BCUT2D eigenvalue weighted by Crippen LogP contribution is 2.31. The van der Waals surface area contributed by atoms with E-state index in [4.69, 9.17) is 12.2 Å². The van der Waals surface area contributed by atoms with Gasteiger partial charge >= 0.3 is 0 Å². The van der Waals surface area contributed by atoms with Crippen molar-refractivity contribution >= 4 is 40.5 Å². The highest BCUT2D eigenvalue weighted by molar-refractivity contribution is 7.80. The number of hydrogen-bond acceptors (Lipinski definition) is 3. The lowest BCUT2D eigenvalue weighted by molar-refractivity contribution is -0.124. The number of carbonyl (C=O) groups excluding carboxylic acids is 2. The Hall–Kier alpha value is -1.95. The zero-order chi connectivity index (χ0) is 17.8. The van der Waals surface area contributed by atoms with E-state index >= 15 is 0 Å². The number of benzene rings is 1. The fourth-order valence-corrected chi connectivity index (χ4v) is 3.43. The molecule has 0 unspecified atom stereocenters. The van der Waals surface area contributed by atoms with Crippen LogP contribution in [0.2, 0.25) is 0 Å². The van der Waals surface area contributed by atoms with Crippen molar-refractivity contribution in [1.82, 2.24) is 5.32 Å². The second-order valence-electron chi connectivity index (χ2n) is 7.02. The van der Waals surface area contributed by atoms with Gasteiger partial charge in [0.15, 0.2) is 5.11 Å². The molecule has 134 valence electrons. The second-order valence-corrected chi connectivity index (χ2v) is 7.43. The van der Waals surface area contributed by atoms with Crippen LogP contribution in [0.4, 0.5) is 11.4 Å². The van der Waals surface area contributed by atoms with Gasteiger partial charge in [-0.2, -0.15) is 0 Å². The van der Waals surface area contributed by atoms with Gasteiger partial charge in [-0.3, -0.25) is 9.59 Å². The topological polar surface area (TPSA) is 70.2 Å². The van der Waals surface area contributed by atoms with Crippen LogP contribution in [0.25, 0.3) is 0 Å². The first kappa shape index (κ1) is 17.9. The molecule has 3 N–H and O–H groups in total. The first-order chi connectivity index (χ1) is 12.0. The molecule has 0 spiro atoms. The zero-order valence-corrected chi connectivity index (χ0v) is 15.4. The number of amides is 2. The van der Waals surface area contributed by atoms with Crippen molar-refractivity contribution in [2.75, 3.05) is 10.6 Å². The van der Waals surface area contributed by atoms with Crippen LogP contribution in [0.3, 0.4) is 0 Å². The van der Waals surface area contributed by atoms with Crippen molar-refractivity contribution in [1.29, 1.82) is 0 Å². The summed E-state index contributed by atoms with van der Waals surface area (Å²) in [6, 6.07) is 5.63. The van der Waals surface area contributed by atoms with Crippen molar-refractivity contribution < 1.29 is 9.59 Å². The SMILES string of the molecule is Cc1c(NC(=O)C2CC2)cccc1NC(=S)NC(=O)C1CCCCC1. The van der Waals surface area contributed by atoms with Crippen LogP contribution in [-0.2, 0) is 9.59 Å². The molecule has 1 aromatic rings. The molecule has 5 nitrogen and oxygen atoms in total. The van der Waals surface area contributed by atoms with Crippen LogP contribution < -0.4 is 16.0 Å². The van der Waals surface area contributed by atoms with Crippen molar-refractivity contribution in [2.45, 2.75) is 51.9 Å². The molecule has 1 aromatic carbocycles. The normalized spacial score (nSPS) is 17.6. The first-order valence-corrected chi connectivity index (χ1v) is 9.47. The molecule has 0 heterocycles. The van der Waals surface area contributed by atoms with Crippen molar-refractivity contribution in [3.63, 3.8) is 0 Å². The molecule has 2 amide bonds. The average Bonchev–Trinajstić information content (AvgIpc) is 3.44. The molecule has 2 saturated carbocycles. The van der Waals surface area contributed by atoms with Gasteiger partial charge in [0.05, 0.1) is 0 Å². The Labute approximate surface area is 153 Å². The van der Waals surface area contributed by atoms with Crippen LogP contribution in [0.15, 0.2) is 18.2 Å². The predicted molar refractivity (Wildman–Crippen MR) is 103 cm³/mol. The molecular formula is C19H25N3O2S. The molecule has 3 rings (SSSR count). The minimum atomic E-state index is 0.00745. The lowest BCUT2D eigenvalue weighted by Crippen LogP contribution is -2.39. The summed E-state index contributed by atoms with van der Waals surface area (Å²) in [6.45, 7) is 1.93. The summed E-state index contributed by atoms with van der Waals surface area (Å²) < 4.78 is 0. The minimum absolute atomic E-state index is 0.00745. The van der Waals surface area contributed by atoms with E-state index in [2.05, 4.69) is 16.0 Å². The Morgan fingerprint density at radius 1 is 0.920 bits per heavy atom. The van der Waals surface area contributed by atoms with E-state index in [1.807, 2.05) is 25.1 Å². The standard InChI is InChI=1S/C19H25N3O2S/c1-12-15(20-17(23)14-10-11-14)8-5-9-16(12)21-19(25)22-18(24)13-6-3-2-4-7-13/h5,8-9,13-14H,2-4,6-7,10-11H2,1H3,(H,20,23)(H2,21,22,24,25). The summed E-state index contributed by atoms with van der Waals surface area (Å²) in [5.41, 5.74) is 2.48. The van der Waals surface area contributed by atoms with E-state index in [-0.39, 0.29) is 23.7 Å². The van der Waals surface area contributed by atoms with Crippen molar-refractivity contribution in [3.05, 3.63) is 23.8 Å². The highest BCUT2D eigenvalue weighted by Gasteiger charge is 2.30. The van der Waals surface area contributed by atoms with E-state index < -0.39 is 0 Å². The molecule has 0 bridgehead atoms. The molecule has 6 heteroatoms. The fraction of sp³-hybridized carbons (Fsp3) is 0.526. The maximum atomic E-state index is 12.3. The molecular weight excluding hydrogens is 334 g/mol. The van der Waals surface area contributed by atoms with Gasteiger partial charge in [0, 0.05) is 23.2 Å². The largest absolute Gasteiger partial charge is 0.332 e. The minimum Gasteiger partial charge on any atom is -0.332 e. The Balaban J connectivity index is 1.58. The molecule has 0 atom stereocenters. The summed E-state index contributed by atoms with van der Waals surface area (Å²) in [5, 5.41) is 9.17. The summed E-state index contributed by atoms with van der Waals surface area (Å²) in [7, 11) is 0. The third-order valence-electron chi connectivity index (χ3n) is 5.00. The summed E-state index contributed by atoms with van der Waals surface area (Å²) >= 11 is 5.29. The van der Waals surface area contributed by atoms with E-state index in [0.29, 0.717) is 5.11 Å². The van der Waals surface area contributed by atoms with Crippen LogP contribution in [0.1, 0.15) is 50.5 Å². The summed E-state index contributed by atoms with van der Waals surface area (Å²) in [5.74, 6) is 0.312. The van der Waals surface area contributed by atoms with E-state index in [9.17, 15) is 9.59 Å². The second kappa shape index (κ2) is 7.95. The van der Waals surface area contributed by atoms with E-state index in [1.54, 1.807) is 0 Å². The fourth-order valence-electron chi connectivity index (χ4n) is 3.22. The van der Waals surface area contributed by atoms with Gasteiger partial charge in [0.1, 0.15) is 0 Å². The van der Waals surface area contributed by atoms with Gasteiger partial charge in [-0.05, 0) is 62.5 Å². The van der Waals surface area contributed by atoms with Crippen molar-refractivity contribution in [2.24, 2.45) is 11.8 Å². The Bertz CT molecular complexity index is 679. The number of thiocarbonyl (C=S) groups is 1. The van der Waals surface area contributed by atoms with Gasteiger partial charge in [-0.15, -0.1) is 0 Å². The van der Waals surface area contributed by atoms with Gasteiger partial charge in [-0.25, -0.2) is 0 Å². The van der Waals surface area contributed by atoms with Gasteiger partial charge < -0.3 is 16.0 Å². The van der Waals surface area contributed by atoms with E-state index in [1.165, 1.54) is 6.42 Å². The number of carbonyl (C=O) groups is 2. The van der Waals surface area contributed by atoms with Gasteiger partial charge in [-0.1, -0.05) is 25.3 Å². The third-order valence-corrected chi connectivity index (χ3v) is 5.20. The van der Waals surface area contributed by atoms with Crippen LogP contribution in [0, 0.1) is 18.8 Å². The number of hydrogen-bond donors (Lipinski definition) is 3. The van der Waals surface area contributed by atoms with Crippen molar-refractivity contribution in [3.8, 4) is 0 Å². The van der Waals surface area contributed by atoms with Crippen LogP contribution >= 0.6 is 12.2 Å². The molecule has 0 aromatic heterocycles. The molecule has 25 heavy (non-hydrogen) atoms. The predicted octanol–water partition coefficient (Wildman–Crippen LogP) is 3.74. The maximum Gasteiger partial charge on any atom is 0.229 e. The molecule has 0 saturated heterocycles. The first-order valence-electron chi connectivity index (χ1n) is 9.07. The number of anilines is 2. The monoisotopic (exact) mass is 359 g/mol. The quantitative estimate of drug-likeness (QED) is 0.716. The van der Waals surface area contributed by atoms with E-state index in [0.717, 1.165) is 55.5 Å². The molecule has 0 radical (unpaired) electrons. The zero-order valence-electron chi connectivity index (χ0n) is 14.6. The Morgan fingerprint density at radius 2 is 1.52 bits per heavy atom. The summed E-state index contributed by atoms with van der Waals surface area (Å²) in [4.78, 5) is 24.2. The number of rotatable bonds is 4. The lowest BCUT2D eigenvalue weighted by atomic mass is 9.89. The number of nitrogens with one attached hydrogen (secondary N) is 3.